The monoisotopic (exact) mass is 566 g/mol. The molecular formula is C30H42N6O5. The summed E-state index contributed by atoms with van der Waals surface area (Å²) in [5.74, 6) is 1.80. The Morgan fingerprint density at radius 3 is 2.37 bits per heavy atom. The number of nitrogens with zero attached hydrogens (tertiary/aromatic N) is 5. The predicted molar refractivity (Wildman–Crippen MR) is 158 cm³/mol. The zero-order valence-corrected chi connectivity index (χ0v) is 25.4. The zero-order chi connectivity index (χ0) is 29.9. The van der Waals surface area contributed by atoms with Crippen molar-refractivity contribution in [2.24, 2.45) is 0 Å². The Morgan fingerprint density at radius 1 is 1.05 bits per heavy atom. The molecule has 0 spiro atoms. The van der Waals surface area contributed by atoms with E-state index in [-0.39, 0.29) is 12.1 Å². The molecular weight excluding hydrogens is 524 g/mol. The highest BCUT2D eigenvalue weighted by atomic mass is 16.6. The van der Waals surface area contributed by atoms with Crippen LogP contribution in [0.5, 0.6) is 5.75 Å². The van der Waals surface area contributed by atoms with Crippen molar-refractivity contribution in [2.45, 2.75) is 85.5 Å². The molecule has 0 unspecified atom stereocenters. The minimum atomic E-state index is -0.723. The molecule has 1 N–H and O–H groups in total. The SMILES string of the molecule is CCOc1ccc(N(C(=O)OC(C)(C)C)c2c(C)c(N[C@H]3CCCN(C(=O)OC(C)(C)C)C3)nc3ccnn23)cc1. The Bertz CT molecular complexity index is 1370. The number of hydrogen-bond donors (Lipinski definition) is 1. The highest BCUT2D eigenvalue weighted by Crippen LogP contribution is 2.35. The summed E-state index contributed by atoms with van der Waals surface area (Å²) in [5.41, 5.74) is 0.569. The van der Waals surface area contributed by atoms with Gasteiger partial charge in [0.15, 0.2) is 11.5 Å². The van der Waals surface area contributed by atoms with E-state index < -0.39 is 17.3 Å². The summed E-state index contributed by atoms with van der Waals surface area (Å²) in [6.45, 7) is 16.5. The number of carbonyl (C=O) groups is 2. The molecule has 0 radical (unpaired) electrons. The quantitative estimate of drug-likeness (QED) is 0.369. The first kappa shape index (κ1) is 30.0. The van der Waals surface area contributed by atoms with E-state index in [1.807, 2.05) is 79.7 Å². The van der Waals surface area contributed by atoms with Crippen molar-refractivity contribution in [3.05, 3.63) is 42.1 Å². The van der Waals surface area contributed by atoms with E-state index in [0.29, 0.717) is 54.0 Å². The van der Waals surface area contributed by atoms with Crippen molar-refractivity contribution in [3.8, 4) is 5.75 Å². The number of piperidine rings is 1. The van der Waals surface area contributed by atoms with Crippen LogP contribution in [0.25, 0.3) is 5.65 Å². The van der Waals surface area contributed by atoms with Crippen LogP contribution in [0, 0.1) is 6.92 Å². The maximum Gasteiger partial charge on any atom is 0.420 e. The lowest BCUT2D eigenvalue weighted by Gasteiger charge is -2.35. The molecule has 1 aliphatic rings. The van der Waals surface area contributed by atoms with Crippen molar-refractivity contribution in [1.29, 1.82) is 0 Å². The van der Waals surface area contributed by atoms with Crippen LogP contribution in [0.2, 0.25) is 0 Å². The van der Waals surface area contributed by atoms with Gasteiger partial charge in [0, 0.05) is 30.8 Å². The average molecular weight is 567 g/mol. The molecule has 1 aliphatic heterocycles. The standard InChI is InChI=1S/C30H42N6O5/c1-9-39-23-14-12-22(13-15-23)35(28(38)41-30(6,7)8)26-20(2)25(33-24-16-17-31-36(24)26)32-21-11-10-18-34(19-21)27(37)40-29(3,4)5/h12-17,21H,9-11,18-19H2,1-8H3,(H,32,33)/t21-/m0/s1. The number of ether oxygens (including phenoxy) is 3. The maximum atomic E-state index is 13.8. The van der Waals surface area contributed by atoms with Crippen LogP contribution < -0.4 is 15.0 Å². The van der Waals surface area contributed by atoms with Gasteiger partial charge in [-0.2, -0.15) is 9.61 Å². The Balaban J connectivity index is 1.72. The Hall–Kier alpha value is -4.02. The van der Waals surface area contributed by atoms with E-state index >= 15 is 0 Å². The number of amides is 2. The molecule has 0 aliphatic carbocycles. The molecule has 11 nitrogen and oxygen atoms in total. The molecule has 11 heteroatoms. The Labute approximate surface area is 241 Å². The van der Waals surface area contributed by atoms with Crippen LogP contribution in [-0.4, -0.2) is 68.6 Å². The van der Waals surface area contributed by atoms with Crippen LogP contribution in [0.4, 0.5) is 26.9 Å². The van der Waals surface area contributed by atoms with E-state index in [2.05, 4.69) is 10.4 Å². The van der Waals surface area contributed by atoms with Gasteiger partial charge in [0.05, 0.1) is 18.5 Å². The minimum absolute atomic E-state index is 0.0545. The summed E-state index contributed by atoms with van der Waals surface area (Å²) in [6.07, 6.45) is 2.45. The molecule has 4 rings (SSSR count). The van der Waals surface area contributed by atoms with Gasteiger partial charge in [-0.3, -0.25) is 0 Å². The molecule has 1 aromatic carbocycles. The molecule has 0 bridgehead atoms. The molecule has 1 atom stereocenters. The zero-order valence-electron chi connectivity index (χ0n) is 25.4. The van der Waals surface area contributed by atoms with E-state index in [1.165, 1.54) is 4.90 Å². The molecule has 1 saturated heterocycles. The summed E-state index contributed by atoms with van der Waals surface area (Å²) in [7, 11) is 0. The normalized spacial score (nSPS) is 15.9. The van der Waals surface area contributed by atoms with Gasteiger partial charge >= 0.3 is 12.2 Å². The molecule has 222 valence electrons. The highest BCUT2D eigenvalue weighted by molar-refractivity contribution is 5.97. The largest absolute Gasteiger partial charge is 0.494 e. The van der Waals surface area contributed by atoms with E-state index in [1.54, 1.807) is 21.7 Å². The summed E-state index contributed by atoms with van der Waals surface area (Å²) in [6, 6.07) is 9.00. The van der Waals surface area contributed by atoms with Gasteiger partial charge in [-0.25, -0.2) is 19.5 Å². The fourth-order valence-electron chi connectivity index (χ4n) is 4.67. The molecule has 1 fully saturated rings. The second-order valence-electron chi connectivity index (χ2n) is 12.2. The van der Waals surface area contributed by atoms with Gasteiger partial charge in [0.25, 0.3) is 0 Å². The van der Waals surface area contributed by atoms with E-state index in [9.17, 15) is 9.59 Å². The van der Waals surface area contributed by atoms with Crippen LogP contribution in [0.1, 0.15) is 66.9 Å². The minimum Gasteiger partial charge on any atom is -0.494 e. The van der Waals surface area contributed by atoms with Crippen LogP contribution >= 0.6 is 0 Å². The number of hydrogen-bond acceptors (Lipinski definition) is 8. The second kappa shape index (κ2) is 11.8. The maximum absolute atomic E-state index is 13.8. The highest BCUT2D eigenvalue weighted by Gasteiger charge is 2.32. The number of likely N-dealkylation sites (tertiary alicyclic amines) is 1. The van der Waals surface area contributed by atoms with Gasteiger partial charge in [-0.05, 0) is 92.5 Å². The molecule has 41 heavy (non-hydrogen) atoms. The van der Waals surface area contributed by atoms with E-state index in [4.69, 9.17) is 19.2 Å². The molecule has 0 saturated carbocycles. The predicted octanol–water partition coefficient (Wildman–Crippen LogP) is 6.32. The summed E-state index contributed by atoms with van der Waals surface area (Å²) in [5, 5.41) is 8.03. The molecule has 3 heterocycles. The smallest absolute Gasteiger partial charge is 0.420 e. The first-order chi connectivity index (χ1) is 19.3. The van der Waals surface area contributed by atoms with Crippen molar-refractivity contribution in [2.75, 3.05) is 29.9 Å². The third kappa shape index (κ3) is 7.39. The third-order valence-corrected chi connectivity index (χ3v) is 6.35. The van der Waals surface area contributed by atoms with Gasteiger partial charge < -0.3 is 24.4 Å². The van der Waals surface area contributed by atoms with Crippen molar-refractivity contribution in [1.82, 2.24) is 19.5 Å². The third-order valence-electron chi connectivity index (χ3n) is 6.35. The molecule has 2 amide bonds. The summed E-state index contributed by atoms with van der Waals surface area (Å²) >= 11 is 0. The summed E-state index contributed by atoms with van der Waals surface area (Å²) in [4.78, 5) is 34.6. The van der Waals surface area contributed by atoms with Crippen molar-refractivity contribution >= 4 is 35.2 Å². The first-order valence-corrected chi connectivity index (χ1v) is 14.1. The number of carbonyl (C=O) groups excluding carboxylic acids is 2. The number of rotatable bonds is 6. The molecule has 2 aromatic heterocycles. The van der Waals surface area contributed by atoms with E-state index in [0.717, 1.165) is 12.8 Å². The lowest BCUT2D eigenvalue weighted by molar-refractivity contribution is 0.0206. The Kier molecular flexibility index (Phi) is 8.65. The van der Waals surface area contributed by atoms with Gasteiger partial charge in [-0.1, -0.05) is 0 Å². The lowest BCUT2D eigenvalue weighted by Crippen LogP contribution is -2.47. The van der Waals surface area contributed by atoms with Crippen LogP contribution in [0.15, 0.2) is 36.5 Å². The van der Waals surface area contributed by atoms with Gasteiger partial charge in [0.2, 0.25) is 0 Å². The van der Waals surface area contributed by atoms with Crippen molar-refractivity contribution < 1.29 is 23.8 Å². The fourth-order valence-corrected chi connectivity index (χ4v) is 4.67. The fraction of sp³-hybridized carbons (Fsp3) is 0.533. The van der Waals surface area contributed by atoms with Gasteiger partial charge in [0.1, 0.15) is 22.8 Å². The van der Waals surface area contributed by atoms with Crippen LogP contribution in [0.3, 0.4) is 0 Å². The lowest BCUT2D eigenvalue weighted by atomic mass is 10.1. The Morgan fingerprint density at radius 2 is 1.73 bits per heavy atom. The van der Waals surface area contributed by atoms with Crippen LogP contribution in [-0.2, 0) is 9.47 Å². The first-order valence-electron chi connectivity index (χ1n) is 14.1. The molecule has 3 aromatic rings. The van der Waals surface area contributed by atoms with Gasteiger partial charge in [-0.15, -0.1) is 0 Å². The number of fused-ring (bicyclic) bond motifs is 1. The number of aromatic nitrogens is 3. The number of nitrogens with one attached hydrogen (secondary N) is 1. The number of anilines is 3. The number of benzene rings is 1. The van der Waals surface area contributed by atoms with Crippen molar-refractivity contribution in [3.63, 3.8) is 0 Å². The topological polar surface area (TPSA) is 111 Å². The second-order valence-corrected chi connectivity index (χ2v) is 12.2. The average Bonchev–Trinajstić information content (AvgIpc) is 3.33. The summed E-state index contributed by atoms with van der Waals surface area (Å²) < 4.78 is 18.7.